The minimum Gasteiger partial charge on any atom is -0.308 e. The van der Waals surface area contributed by atoms with E-state index < -0.39 is 21.5 Å². The van der Waals surface area contributed by atoms with Crippen LogP contribution < -0.4 is 4.90 Å². The summed E-state index contributed by atoms with van der Waals surface area (Å²) in [7, 11) is 0.122. The van der Waals surface area contributed by atoms with E-state index in [9.17, 15) is 22.0 Å². The van der Waals surface area contributed by atoms with Gasteiger partial charge in [0.2, 0.25) is 5.91 Å². The summed E-state index contributed by atoms with van der Waals surface area (Å²) >= 11 is 6.82. The molecule has 0 aliphatic heterocycles. The van der Waals surface area contributed by atoms with Gasteiger partial charge in [-0.2, -0.15) is 0 Å². The van der Waals surface area contributed by atoms with Crippen LogP contribution in [0.1, 0.15) is 12.8 Å². The van der Waals surface area contributed by atoms with Crippen molar-refractivity contribution in [3.05, 3.63) is 53.1 Å². The van der Waals surface area contributed by atoms with Crippen molar-refractivity contribution in [2.75, 3.05) is 37.8 Å². The molecule has 1 amide bonds. The van der Waals surface area contributed by atoms with Crippen LogP contribution in [0, 0.1) is 11.6 Å². The Morgan fingerprint density at radius 3 is 2.47 bits per heavy atom. The first-order valence-corrected chi connectivity index (χ1v) is 12.6. The normalized spacial score (nSPS) is 11.9. The predicted molar refractivity (Wildman–Crippen MR) is 123 cm³/mol. The largest absolute Gasteiger partial charge is 0.308 e. The van der Waals surface area contributed by atoms with Gasteiger partial charge in [-0.15, -0.1) is 0 Å². The Morgan fingerprint density at radius 1 is 1.12 bits per heavy atom. The number of hydrogen-bond acceptors (Lipinski definition) is 6. The maximum atomic E-state index is 14.1. The molecule has 0 radical (unpaired) electrons. The molecule has 3 aromatic rings. The van der Waals surface area contributed by atoms with Gasteiger partial charge in [-0.25, -0.2) is 22.2 Å². The minimum absolute atomic E-state index is 0.000584. The van der Waals surface area contributed by atoms with Gasteiger partial charge in [0.1, 0.15) is 11.3 Å². The van der Waals surface area contributed by atoms with Crippen LogP contribution in [-0.4, -0.2) is 57.1 Å². The molecule has 0 fully saturated rings. The SMILES string of the molecule is CN(C)CCN(C(=O)CCCS(=O)(=O)c1ccc(Cl)cc1)c1nc2c(F)cc(F)cc2s1. The Hall–Kier alpha value is -2.14. The van der Waals surface area contributed by atoms with E-state index in [-0.39, 0.29) is 46.6 Å². The van der Waals surface area contributed by atoms with Gasteiger partial charge in [0.05, 0.1) is 15.3 Å². The van der Waals surface area contributed by atoms with E-state index in [4.69, 9.17) is 11.6 Å². The number of sulfone groups is 1. The molecule has 0 spiro atoms. The van der Waals surface area contributed by atoms with E-state index in [1.54, 1.807) is 0 Å². The first kappa shape index (κ1) is 24.5. The second kappa shape index (κ2) is 10.2. The van der Waals surface area contributed by atoms with Gasteiger partial charge in [0, 0.05) is 30.6 Å². The van der Waals surface area contributed by atoms with E-state index in [2.05, 4.69) is 4.98 Å². The van der Waals surface area contributed by atoms with E-state index in [1.165, 1.54) is 35.2 Å². The van der Waals surface area contributed by atoms with Gasteiger partial charge >= 0.3 is 0 Å². The molecule has 172 valence electrons. The molecule has 6 nitrogen and oxygen atoms in total. The monoisotopic (exact) mass is 501 g/mol. The molecule has 3 rings (SSSR count). The summed E-state index contributed by atoms with van der Waals surface area (Å²) in [6.45, 7) is 0.793. The molecule has 0 atom stereocenters. The lowest BCUT2D eigenvalue weighted by Crippen LogP contribution is -2.36. The van der Waals surface area contributed by atoms with Crippen LogP contribution in [-0.2, 0) is 14.6 Å². The second-order valence-electron chi connectivity index (χ2n) is 7.46. The van der Waals surface area contributed by atoms with E-state index in [0.29, 0.717) is 16.3 Å². The third kappa shape index (κ3) is 6.00. The molecule has 11 heteroatoms. The third-order valence-corrected chi connectivity index (χ3v) is 7.78. The highest BCUT2D eigenvalue weighted by atomic mass is 35.5. The summed E-state index contributed by atoms with van der Waals surface area (Å²) in [5, 5.41) is 0.680. The second-order valence-corrected chi connectivity index (χ2v) is 11.0. The van der Waals surface area contributed by atoms with Crippen LogP contribution in [0.5, 0.6) is 0 Å². The van der Waals surface area contributed by atoms with Gasteiger partial charge < -0.3 is 4.90 Å². The Bertz CT molecular complexity index is 1220. The Kier molecular flexibility index (Phi) is 7.81. The summed E-state index contributed by atoms with van der Waals surface area (Å²) in [4.78, 5) is 20.6. The fourth-order valence-electron chi connectivity index (χ4n) is 3.00. The Morgan fingerprint density at radius 2 is 1.81 bits per heavy atom. The fourth-order valence-corrected chi connectivity index (χ4v) is 5.48. The van der Waals surface area contributed by atoms with Crippen LogP contribution in [0.25, 0.3) is 10.2 Å². The van der Waals surface area contributed by atoms with Crippen molar-refractivity contribution < 1.29 is 22.0 Å². The molecule has 0 saturated heterocycles. The third-order valence-electron chi connectivity index (χ3n) is 4.68. The van der Waals surface area contributed by atoms with Crippen LogP contribution in [0.15, 0.2) is 41.3 Å². The molecule has 0 bridgehead atoms. The molecule has 0 unspecified atom stereocenters. The van der Waals surface area contributed by atoms with Crippen molar-refractivity contribution in [1.29, 1.82) is 0 Å². The van der Waals surface area contributed by atoms with Crippen LogP contribution in [0.2, 0.25) is 5.02 Å². The van der Waals surface area contributed by atoms with Crippen LogP contribution >= 0.6 is 22.9 Å². The zero-order valence-corrected chi connectivity index (χ0v) is 19.9. The summed E-state index contributed by atoms with van der Waals surface area (Å²) in [5.74, 6) is -2.06. The van der Waals surface area contributed by atoms with Crippen molar-refractivity contribution in [3.8, 4) is 0 Å². The first-order valence-electron chi connectivity index (χ1n) is 9.76. The number of rotatable bonds is 9. The molecule has 1 aromatic heterocycles. The first-order chi connectivity index (χ1) is 15.1. The zero-order chi connectivity index (χ0) is 23.5. The summed E-state index contributed by atoms with van der Waals surface area (Å²) in [5.41, 5.74) is -0.000584. The summed E-state index contributed by atoms with van der Waals surface area (Å²) in [6, 6.07) is 7.77. The van der Waals surface area contributed by atoms with Gasteiger partial charge in [-0.1, -0.05) is 22.9 Å². The number of halogens is 3. The van der Waals surface area contributed by atoms with Gasteiger partial charge in [-0.3, -0.25) is 9.69 Å². The van der Waals surface area contributed by atoms with Crippen molar-refractivity contribution >= 4 is 54.0 Å². The molecule has 32 heavy (non-hydrogen) atoms. The highest BCUT2D eigenvalue weighted by Crippen LogP contribution is 2.31. The molecule has 0 aliphatic rings. The average Bonchev–Trinajstić information content (AvgIpc) is 3.12. The fraction of sp³-hybridized carbons (Fsp3) is 0.333. The van der Waals surface area contributed by atoms with Gasteiger partial charge in [0.15, 0.2) is 20.8 Å². The summed E-state index contributed by atoms with van der Waals surface area (Å²) in [6.07, 6.45) is 0.0726. The van der Waals surface area contributed by atoms with Crippen molar-refractivity contribution in [2.45, 2.75) is 17.7 Å². The quantitative estimate of drug-likeness (QED) is 0.435. The van der Waals surface area contributed by atoms with Crippen molar-refractivity contribution in [1.82, 2.24) is 9.88 Å². The summed E-state index contributed by atoms with van der Waals surface area (Å²) < 4.78 is 52.9. The minimum atomic E-state index is -3.56. The van der Waals surface area contributed by atoms with E-state index in [1.807, 2.05) is 19.0 Å². The molecular formula is C21H22ClF2N3O3S2. The Balaban J connectivity index is 1.75. The lowest BCUT2D eigenvalue weighted by Gasteiger charge is -2.22. The lowest BCUT2D eigenvalue weighted by atomic mass is 10.3. The molecular weight excluding hydrogens is 480 g/mol. The standard InChI is InChI=1S/C21H22ClF2N3O3S2/c1-26(2)9-10-27(21-25-20-17(24)12-15(23)13-18(20)31-21)19(28)4-3-11-32(29,30)16-7-5-14(22)6-8-16/h5-8,12-13H,3-4,9-11H2,1-2H3. The molecule has 1 heterocycles. The molecule has 0 aliphatic carbocycles. The van der Waals surface area contributed by atoms with Gasteiger partial charge in [-0.05, 0) is 50.8 Å². The number of aromatic nitrogens is 1. The van der Waals surface area contributed by atoms with Crippen molar-refractivity contribution in [3.63, 3.8) is 0 Å². The smallest absolute Gasteiger partial charge is 0.228 e. The van der Waals surface area contributed by atoms with Crippen molar-refractivity contribution in [2.24, 2.45) is 0 Å². The highest BCUT2D eigenvalue weighted by Gasteiger charge is 2.22. The Labute approximate surface area is 194 Å². The topological polar surface area (TPSA) is 70.6 Å². The molecule has 2 aromatic carbocycles. The maximum Gasteiger partial charge on any atom is 0.228 e. The zero-order valence-electron chi connectivity index (χ0n) is 17.5. The number of thiazole rings is 1. The van der Waals surface area contributed by atoms with Crippen LogP contribution in [0.3, 0.4) is 0 Å². The lowest BCUT2D eigenvalue weighted by molar-refractivity contribution is -0.118. The average molecular weight is 502 g/mol. The number of amides is 1. The molecule has 0 N–H and O–H groups in total. The number of hydrogen-bond donors (Lipinski definition) is 0. The maximum absolute atomic E-state index is 14.1. The van der Waals surface area contributed by atoms with Crippen LogP contribution in [0.4, 0.5) is 13.9 Å². The molecule has 0 saturated carbocycles. The number of carbonyl (C=O) groups excluding carboxylic acids is 1. The highest BCUT2D eigenvalue weighted by molar-refractivity contribution is 7.91. The van der Waals surface area contributed by atoms with E-state index in [0.717, 1.165) is 17.4 Å². The number of carbonyl (C=O) groups is 1. The number of fused-ring (bicyclic) bond motifs is 1. The number of anilines is 1. The number of benzene rings is 2. The van der Waals surface area contributed by atoms with E-state index >= 15 is 0 Å². The number of likely N-dealkylation sites (N-methyl/N-ethyl adjacent to an activating group) is 1. The number of nitrogens with zero attached hydrogens (tertiary/aromatic N) is 3. The van der Waals surface area contributed by atoms with Gasteiger partial charge in [0.25, 0.3) is 0 Å². The predicted octanol–water partition coefficient (Wildman–Crippen LogP) is 4.38.